The topological polar surface area (TPSA) is 87.1 Å². The quantitative estimate of drug-likeness (QED) is 0.682. The number of halogens is 2. The third-order valence-electron chi connectivity index (χ3n) is 3.60. The number of hydrogen-bond acceptors (Lipinski definition) is 3. The van der Waals surface area contributed by atoms with Crippen molar-refractivity contribution in [3.8, 4) is 11.4 Å². The van der Waals surface area contributed by atoms with Gasteiger partial charge in [0.2, 0.25) is 0 Å². The van der Waals surface area contributed by atoms with E-state index in [9.17, 15) is 18.4 Å². The Morgan fingerprint density at radius 2 is 1.88 bits per heavy atom. The number of imidazole rings is 1. The van der Waals surface area contributed by atoms with E-state index in [1.807, 2.05) is 0 Å². The molecule has 3 rings (SSSR count). The molecule has 8 heteroatoms. The van der Waals surface area contributed by atoms with Crippen LogP contribution in [0.1, 0.15) is 16.1 Å². The largest absolute Gasteiger partial charge is 0.503 e. The molecule has 0 bridgehead atoms. The molecule has 1 heterocycles. The maximum atomic E-state index is 13.4. The third-order valence-corrected chi connectivity index (χ3v) is 3.60. The lowest BCUT2D eigenvalue weighted by molar-refractivity contribution is 0.102. The predicted molar refractivity (Wildman–Crippen MR) is 87.1 cm³/mol. The number of benzene rings is 2. The first kappa shape index (κ1) is 16.4. The van der Waals surface area contributed by atoms with Gasteiger partial charge in [-0.3, -0.25) is 9.36 Å². The molecular formula is C17H13F2N3O3. The first-order valence-electron chi connectivity index (χ1n) is 7.23. The predicted octanol–water partition coefficient (Wildman–Crippen LogP) is 2.71. The van der Waals surface area contributed by atoms with E-state index < -0.39 is 23.3 Å². The summed E-state index contributed by atoms with van der Waals surface area (Å²) < 4.78 is 28.1. The number of aromatic amines is 1. The fourth-order valence-electron chi connectivity index (χ4n) is 2.40. The number of rotatable bonds is 3. The van der Waals surface area contributed by atoms with Crippen LogP contribution in [0.5, 0.6) is 5.75 Å². The number of phenols is 1. The highest BCUT2D eigenvalue weighted by Crippen LogP contribution is 2.22. The van der Waals surface area contributed by atoms with Crippen LogP contribution in [0.3, 0.4) is 0 Å². The van der Waals surface area contributed by atoms with Gasteiger partial charge in [0.15, 0.2) is 17.4 Å². The van der Waals surface area contributed by atoms with Gasteiger partial charge >= 0.3 is 5.69 Å². The van der Waals surface area contributed by atoms with E-state index in [4.69, 9.17) is 5.11 Å². The highest BCUT2D eigenvalue weighted by molar-refractivity contribution is 6.04. The number of aromatic nitrogens is 2. The molecule has 0 saturated heterocycles. The van der Waals surface area contributed by atoms with Gasteiger partial charge in [0, 0.05) is 23.1 Å². The van der Waals surface area contributed by atoms with Crippen molar-refractivity contribution in [1.29, 1.82) is 0 Å². The first-order chi connectivity index (χ1) is 11.9. The van der Waals surface area contributed by atoms with Crippen LogP contribution in [0.2, 0.25) is 0 Å². The zero-order chi connectivity index (χ0) is 18.1. The van der Waals surface area contributed by atoms with Gasteiger partial charge in [-0.15, -0.1) is 0 Å². The minimum absolute atomic E-state index is 0.284. The summed E-state index contributed by atoms with van der Waals surface area (Å²) in [5.74, 6) is -4.35. The Kier molecular flexibility index (Phi) is 4.10. The molecule has 0 fully saturated rings. The van der Waals surface area contributed by atoms with E-state index in [0.29, 0.717) is 17.1 Å². The summed E-state index contributed by atoms with van der Waals surface area (Å²) in [7, 11) is 0. The van der Waals surface area contributed by atoms with Gasteiger partial charge in [0.1, 0.15) is 0 Å². The number of anilines is 1. The van der Waals surface area contributed by atoms with Gasteiger partial charge in [-0.1, -0.05) is 6.07 Å². The zero-order valence-corrected chi connectivity index (χ0v) is 13.0. The lowest BCUT2D eigenvalue weighted by Gasteiger charge is -2.09. The standard InChI is InChI=1S/C17H13F2N3O3/c1-9-8-20-17(25)22(9)12-4-2-3-11(7-12)21-16(24)10-5-13(18)15(23)14(19)6-10/h2-8,23H,1H3,(H,20,25)(H,21,24). The number of aryl methyl sites for hydroxylation is 1. The van der Waals surface area contributed by atoms with Crippen LogP contribution in [0, 0.1) is 18.6 Å². The highest BCUT2D eigenvalue weighted by atomic mass is 19.1. The molecule has 0 aliphatic carbocycles. The third kappa shape index (κ3) is 3.14. The van der Waals surface area contributed by atoms with E-state index in [1.54, 1.807) is 37.4 Å². The molecule has 0 saturated carbocycles. The molecule has 25 heavy (non-hydrogen) atoms. The summed E-state index contributed by atoms with van der Waals surface area (Å²) >= 11 is 0. The van der Waals surface area contributed by atoms with Crippen molar-refractivity contribution in [2.24, 2.45) is 0 Å². The van der Waals surface area contributed by atoms with Gasteiger partial charge < -0.3 is 15.4 Å². The van der Waals surface area contributed by atoms with Crippen molar-refractivity contribution in [3.63, 3.8) is 0 Å². The van der Waals surface area contributed by atoms with E-state index in [0.717, 1.165) is 12.1 Å². The number of phenolic OH excluding ortho intramolecular Hbond substituents is 1. The summed E-state index contributed by atoms with van der Waals surface area (Å²) in [6.07, 6.45) is 1.55. The summed E-state index contributed by atoms with van der Waals surface area (Å²) in [6, 6.07) is 7.89. The van der Waals surface area contributed by atoms with Crippen molar-refractivity contribution in [2.45, 2.75) is 6.92 Å². The van der Waals surface area contributed by atoms with E-state index in [-0.39, 0.29) is 11.3 Å². The summed E-state index contributed by atoms with van der Waals surface area (Å²) in [4.78, 5) is 26.5. The normalized spacial score (nSPS) is 10.7. The number of H-pyrrole nitrogens is 1. The number of carbonyl (C=O) groups is 1. The van der Waals surface area contributed by atoms with Crippen molar-refractivity contribution in [2.75, 3.05) is 5.32 Å². The van der Waals surface area contributed by atoms with Crippen LogP contribution < -0.4 is 11.0 Å². The second-order valence-corrected chi connectivity index (χ2v) is 5.36. The monoisotopic (exact) mass is 345 g/mol. The Hall–Kier alpha value is -3.42. The minimum atomic E-state index is -1.23. The Morgan fingerprint density at radius 3 is 2.48 bits per heavy atom. The second kappa shape index (κ2) is 6.23. The van der Waals surface area contributed by atoms with E-state index in [1.165, 1.54) is 4.57 Å². The molecule has 0 unspecified atom stereocenters. The molecule has 6 nitrogen and oxygen atoms in total. The molecule has 1 amide bonds. The molecule has 3 aromatic rings. The molecule has 3 N–H and O–H groups in total. The van der Waals surface area contributed by atoms with Crippen LogP contribution in [0.4, 0.5) is 14.5 Å². The Bertz CT molecular complexity index is 1000. The molecule has 0 aliphatic heterocycles. The minimum Gasteiger partial charge on any atom is -0.503 e. The second-order valence-electron chi connectivity index (χ2n) is 5.36. The molecule has 128 valence electrons. The molecule has 1 aromatic heterocycles. The van der Waals surface area contributed by atoms with E-state index >= 15 is 0 Å². The average Bonchev–Trinajstić information content (AvgIpc) is 2.91. The Balaban J connectivity index is 1.90. The van der Waals surface area contributed by atoms with Crippen LogP contribution in [0.15, 0.2) is 47.4 Å². The van der Waals surface area contributed by atoms with Gasteiger partial charge in [-0.05, 0) is 37.3 Å². The van der Waals surface area contributed by atoms with Gasteiger partial charge in [-0.25, -0.2) is 13.6 Å². The molecule has 0 aliphatic rings. The smallest absolute Gasteiger partial charge is 0.330 e. The summed E-state index contributed by atoms with van der Waals surface area (Å²) in [5, 5.41) is 11.6. The lowest BCUT2D eigenvalue weighted by atomic mass is 10.1. The number of amides is 1. The Morgan fingerprint density at radius 1 is 1.20 bits per heavy atom. The first-order valence-corrected chi connectivity index (χ1v) is 7.23. The van der Waals surface area contributed by atoms with E-state index in [2.05, 4.69) is 10.3 Å². The molecule has 0 radical (unpaired) electrons. The average molecular weight is 345 g/mol. The number of hydrogen-bond donors (Lipinski definition) is 3. The van der Waals surface area contributed by atoms with Crippen LogP contribution >= 0.6 is 0 Å². The number of nitrogens with zero attached hydrogens (tertiary/aromatic N) is 1. The highest BCUT2D eigenvalue weighted by Gasteiger charge is 2.15. The lowest BCUT2D eigenvalue weighted by Crippen LogP contribution is -2.17. The van der Waals surface area contributed by atoms with Crippen molar-refractivity contribution >= 4 is 11.6 Å². The molecule has 0 atom stereocenters. The molecule has 0 spiro atoms. The maximum absolute atomic E-state index is 13.4. The van der Waals surface area contributed by atoms with Crippen LogP contribution in [0.25, 0.3) is 5.69 Å². The van der Waals surface area contributed by atoms with Crippen molar-refractivity contribution < 1.29 is 18.7 Å². The van der Waals surface area contributed by atoms with Gasteiger partial charge in [0.25, 0.3) is 5.91 Å². The number of nitrogens with one attached hydrogen (secondary N) is 2. The Labute approximate surface area is 140 Å². The number of aromatic hydroxyl groups is 1. The fourth-order valence-corrected chi connectivity index (χ4v) is 2.40. The fraction of sp³-hybridized carbons (Fsp3) is 0.0588. The zero-order valence-electron chi connectivity index (χ0n) is 13.0. The summed E-state index contributed by atoms with van der Waals surface area (Å²) in [5.41, 5.74) is 0.918. The van der Waals surface area contributed by atoms with Crippen LogP contribution in [-0.4, -0.2) is 20.6 Å². The van der Waals surface area contributed by atoms with Crippen molar-refractivity contribution in [1.82, 2.24) is 9.55 Å². The number of carbonyl (C=O) groups excluding carboxylic acids is 1. The van der Waals surface area contributed by atoms with Gasteiger partial charge in [0.05, 0.1) is 5.69 Å². The van der Waals surface area contributed by atoms with Crippen molar-refractivity contribution in [3.05, 3.63) is 76.0 Å². The maximum Gasteiger partial charge on any atom is 0.330 e. The molecular weight excluding hydrogens is 332 g/mol. The van der Waals surface area contributed by atoms with Gasteiger partial charge in [-0.2, -0.15) is 0 Å². The SMILES string of the molecule is Cc1c[nH]c(=O)n1-c1cccc(NC(=O)c2cc(F)c(O)c(F)c2)c1. The van der Waals surface area contributed by atoms with Crippen LogP contribution in [-0.2, 0) is 0 Å². The molecule has 2 aromatic carbocycles. The summed E-state index contributed by atoms with van der Waals surface area (Å²) in [6.45, 7) is 1.74.